The van der Waals surface area contributed by atoms with E-state index in [0.29, 0.717) is 12.2 Å². The molecule has 0 aliphatic carbocycles. The largest absolute Gasteiger partial charge is 0.465 e. The summed E-state index contributed by atoms with van der Waals surface area (Å²) in [7, 11) is 1.35. The molecule has 0 aliphatic rings. The molecule has 0 unspecified atom stereocenters. The molecule has 0 spiro atoms. The minimum atomic E-state index is -0.392. The van der Waals surface area contributed by atoms with Crippen molar-refractivity contribution >= 4 is 17.6 Å². The zero-order chi connectivity index (χ0) is 19.8. The molecule has 27 heavy (non-hydrogen) atoms. The predicted molar refractivity (Wildman–Crippen MR) is 106 cm³/mol. The molecule has 0 saturated carbocycles. The van der Waals surface area contributed by atoms with Crippen molar-refractivity contribution in [3.8, 4) is 0 Å². The number of rotatable bonds is 8. The molecule has 0 fully saturated rings. The van der Waals surface area contributed by atoms with E-state index in [2.05, 4.69) is 0 Å². The standard InChI is InChI=1S/C22H27NO4/c1-16(2)23(20-11-10-19(14-17(20)3)22(25)26-4)21(24)15-27-13-12-18-8-6-5-7-9-18/h5-11,14,16H,12-13,15H2,1-4H3. The Morgan fingerprint density at radius 3 is 2.37 bits per heavy atom. The minimum absolute atomic E-state index is 0.0171. The summed E-state index contributed by atoms with van der Waals surface area (Å²) in [5.74, 6) is -0.497. The van der Waals surface area contributed by atoms with Gasteiger partial charge in [-0.3, -0.25) is 4.79 Å². The van der Waals surface area contributed by atoms with E-state index in [1.165, 1.54) is 12.7 Å². The number of amides is 1. The van der Waals surface area contributed by atoms with Gasteiger partial charge >= 0.3 is 5.97 Å². The second kappa shape index (κ2) is 9.88. The number of nitrogens with zero attached hydrogens (tertiary/aromatic N) is 1. The summed E-state index contributed by atoms with van der Waals surface area (Å²) in [6.45, 7) is 6.29. The zero-order valence-corrected chi connectivity index (χ0v) is 16.4. The fourth-order valence-corrected chi connectivity index (χ4v) is 2.93. The molecule has 5 heteroatoms. The molecule has 1 amide bonds. The maximum atomic E-state index is 12.7. The van der Waals surface area contributed by atoms with Crippen LogP contribution in [-0.4, -0.2) is 38.2 Å². The van der Waals surface area contributed by atoms with E-state index < -0.39 is 5.97 Å². The number of esters is 1. The SMILES string of the molecule is COC(=O)c1ccc(N(C(=O)COCCc2ccccc2)C(C)C)c(C)c1. The Labute approximate surface area is 160 Å². The maximum Gasteiger partial charge on any atom is 0.337 e. The Morgan fingerprint density at radius 2 is 1.78 bits per heavy atom. The third kappa shape index (κ3) is 5.66. The number of hydrogen-bond acceptors (Lipinski definition) is 4. The smallest absolute Gasteiger partial charge is 0.337 e. The lowest BCUT2D eigenvalue weighted by molar-refractivity contribution is -0.123. The van der Waals surface area contributed by atoms with Crippen molar-refractivity contribution in [2.75, 3.05) is 25.2 Å². The molecule has 5 nitrogen and oxygen atoms in total. The third-order valence-electron chi connectivity index (χ3n) is 4.27. The Balaban J connectivity index is 2.01. The Bertz CT molecular complexity index is 771. The summed E-state index contributed by atoms with van der Waals surface area (Å²) in [6.07, 6.45) is 0.767. The summed E-state index contributed by atoms with van der Waals surface area (Å²) in [6, 6.07) is 15.2. The molecule has 0 aliphatic heterocycles. The van der Waals surface area contributed by atoms with Crippen molar-refractivity contribution in [3.05, 3.63) is 65.2 Å². The zero-order valence-electron chi connectivity index (χ0n) is 16.4. The van der Waals surface area contributed by atoms with Gasteiger partial charge in [0.2, 0.25) is 0 Å². The first-order valence-corrected chi connectivity index (χ1v) is 9.06. The van der Waals surface area contributed by atoms with Crippen LogP contribution in [0.15, 0.2) is 48.5 Å². The quantitative estimate of drug-likeness (QED) is 0.525. The molecule has 0 bridgehead atoms. The van der Waals surface area contributed by atoms with Gasteiger partial charge in [-0.1, -0.05) is 30.3 Å². The van der Waals surface area contributed by atoms with E-state index in [-0.39, 0.29) is 18.6 Å². The summed E-state index contributed by atoms with van der Waals surface area (Å²) in [5, 5.41) is 0. The summed E-state index contributed by atoms with van der Waals surface area (Å²) in [4.78, 5) is 26.1. The van der Waals surface area contributed by atoms with Crippen LogP contribution in [0, 0.1) is 6.92 Å². The number of ether oxygens (including phenoxy) is 2. The molecular formula is C22H27NO4. The van der Waals surface area contributed by atoms with Gasteiger partial charge in [-0.25, -0.2) is 4.79 Å². The van der Waals surface area contributed by atoms with Crippen LogP contribution in [0.4, 0.5) is 5.69 Å². The Kier molecular flexibility index (Phi) is 7.55. The van der Waals surface area contributed by atoms with Crippen LogP contribution in [-0.2, 0) is 20.7 Å². The fourth-order valence-electron chi connectivity index (χ4n) is 2.93. The van der Waals surface area contributed by atoms with Gasteiger partial charge in [-0.15, -0.1) is 0 Å². The van der Waals surface area contributed by atoms with Crippen LogP contribution in [0.1, 0.15) is 35.3 Å². The minimum Gasteiger partial charge on any atom is -0.465 e. The highest BCUT2D eigenvalue weighted by atomic mass is 16.5. The fraction of sp³-hybridized carbons (Fsp3) is 0.364. The van der Waals surface area contributed by atoms with Gasteiger partial charge in [0, 0.05) is 11.7 Å². The monoisotopic (exact) mass is 369 g/mol. The average Bonchev–Trinajstić information content (AvgIpc) is 2.66. The number of hydrogen-bond donors (Lipinski definition) is 0. The molecule has 2 rings (SSSR count). The highest BCUT2D eigenvalue weighted by Crippen LogP contribution is 2.24. The highest BCUT2D eigenvalue weighted by molar-refractivity contribution is 5.97. The van der Waals surface area contributed by atoms with E-state index >= 15 is 0 Å². The topological polar surface area (TPSA) is 55.8 Å². The molecule has 0 saturated heterocycles. The molecule has 0 aromatic heterocycles. The molecule has 0 atom stereocenters. The lowest BCUT2D eigenvalue weighted by atomic mass is 10.1. The number of carbonyl (C=O) groups is 2. The van der Waals surface area contributed by atoms with Crippen LogP contribution in [0.5, 0.6) is 0 Å². The number of aryl methyl sites for hydroxylation is 1. The first-order chi connectivity index (χ1) is 12.9. The predicted octanol–water partition coefficient (Wildman–Crippen LogP) is 3.78. The Hall–Kier alpha value is -2.66. The van der Waals surface area contributed by atoms with Crippen molar-refractivity contribution in [2.45, 2.75) is 33.2 Å². The van der Waals surface area contributed by atoms with Crippen molar-refractivity contribution < 1.29 is 19.1 Å². The van der Waals surface area contributed by atoms with E-state index in [9.17, 15) is 9.59 Å². The summed E-state index contributed by atoms with van der Waals surface area (Å²) < 4.78 is 10.4. The van der Waals surface area contributed by atoms with Crippen LogP contribution < -0.4 is 4.90 Å². The Morgan fingerprint density at radius 1 is 1.07 bits per heavy atom. The second-order valence-electron chi connectivity index (χ2n) is 6.64. The lowest BCUT2D eigenvalue weighted by Gasteiger charge is -2.28. The first kappa shape index (κ1) is 20.6. The molecule has 0 N–H and O–H groups in total. The van der Waals surface area contributed by atoms with Crippen LogP contribution in [0.25, 0.3) is 0 Å². The number of carbonyl (C=O) groups excluding carboxylic acids is 2. The van der Waals surface area contributed by atoms with E-state index in [0.717, 1.165) is 17.7 Å². The third-order valence-corrected chi connectivity index (χ3v) is 4.27. The molecule has 0 heterocycles. The average molecular weight is 369 g/mol. The van der Waals surface area contributed by atoms with E-state index in [4.69, 9.17) is 9.47 Å². The van der Waals surface area contributed by atoms with Gasteiger partial charge in [-0.2, -0.15) is 0 Å². The van der Waals surface area contributed by atoms with Gasteiger partial charge in [-0.05, 0) is 56.5 Å². The number of benzene rings is 2. The van der Waals surface area contributed by atoms with Crippen molar-refractivity contribution in [1.82, 2.24) is 0 Å². The van der Waals surface area contributed by atoms with Gasteiger partial charge in [0.15, 0.2) is 0 Å². The first-order valence-electron chi connectivity index (χ1n) is 9.06. The van der Waals surface area contributed by atoms with Gasteiger partial charge in [0.05, 0.1) is 19.3 Å². The van der Waals surface area contributed by atoms with Crippen LogP contribution in [0.3, 0.4) is 0 Å². The molecule has 0 radical (unpaired) electrons. The second-order valence-corrected chi connectivity index (χ2v) is 6.64. The van der Waals surface area contributed by atoms with Gasteiger partial charge in [0.1, 0.15) is 6.61 Å². The van der Waals surface area contributed by atoms with Crippen LogP contribution >= 0.6 is 0 Å². The van der Waals surface area contributed by atoms with Crippen molar-refractivity contribution in [3.63, 3.8) is 0 Å². The van der Waals surface area contributed by atoms with Crippen molar-refractivity contribution in [1.29, 1.82) is 0 Å². The van der Waals surface area contributed by atoms with Gasteiger partial charge < -0.3 is 14.4 Å². The van der Waals surface area contributed by atoms with Crippen LogP contribution in [0.2, 0.25) is 0 Å². The molecule has 144 valence electrons. The highest BCUT2D eigenvalue weighted by Gasteiger charge is 2.21. The molecular weight excluding hydrogens is 342 g/mol. The maximum absolute atomic E-state index is 12.7. The number of anilines is 1. The lowest BCUT2D eigenvalue weighted by Crippen LogP contribution is -2.40. The van der Waals surface area contributed by atoms with Crippen molar-refractivity contribution in [2.24, 2.45) is 0 Å². The normalized spacial score (nSPS) is 10.7. The molecule has 2 aromatic carbocycles. The number of methoxy groups -OCH3 is 1. The molecule has 2 aromatic rings. The van der Waals surface area contributed by atoms with E-state index in [1.807, 2.05) is 51.1 Å². The van der Waals surface area contributed by atoms with E-state index in [1.54, 1.807) is 23.1 Å². The van der Waals surface area contributed by atoms with Gasteiger partial charge in [0.25, 0.3) is 5.91 Å². The summed E-state index contributed by atoms with van der Waals surface area (Å²) >= 11 is 0. The summed E-state index contributed by atoms with van der Waals surface area (Å²) in [5.41, 5.74) is 3.26.